The van der Waals surface area contributed by atoms with E-state index in [1.54, 1.807) is 0 Å². The second-order valence-corrected chi connectivity index (χ2v) is 3.46. The molecule has 4 heteroatoms. The van der Waals surface area contributed by atoms with Crippen molar-refractivity contribution in [2.75, 3.05) is 6.61 Å². The minimum atomic E-state index is -0.0224. The molecule has 0 radical (unpaired) electrons. The van der Waals surface area contributed by atoms with Gasteiger partial charge in [-0.05, 0) is 30.5 Å². The number of benzene rings is 1. The van der Waals surface area contributed by atoms with Crippen molar-refractivity contribution >= 4 is 24.0 Å². The van der Waals surface area contributed by atoms with Crippen LogP contribution >= 0.6 is 24.0 Å². The van der Waals surface area contributed by atoms with Gasteiger partial charge < -0.3 is 10.8 Å². The Morgan fingerprint density at radius 3 is 2.71 bits per heavy atom. The van der Waals surface area contributed by atoms with Crippen LogP contribution in [0.2, 0.25) is 5.02 Å². The maximum Gasteiger partial charge on any atom is 0.0431 e. The quantitative estimate of drug-likeness (QED) is 0.843. The number of aliphatic hydroxyl groups excluding tert-OH is 1. The second-order valence-electron chi connectivity index (χ2n) is 3.03. The molecule has 0 unspecified atom stereocenters. The number of nitrogens with two attached hydrogens (primary N) is 1. The highest BCUT2D eigenvalue weighted by Crippen LogP contribution is 2.19. The van der Waals surface area contributed by atoms with Gasteiger partial charge in [-0.25, -0.2) is 0 Å². The first-order valence-electron chi connectivity index (χ1n) is 4.36. The fourth-order valence-electron chi connectivity index (χ4n) is 1.22. The van der Waals surface area contributed by atoms with Crippen molar-refractivity contribution in [3.63, 3.8) is 0 Å². The van der Waals surface area contributed by atoms with Gasteiger partial charge in [0.25, 0.3) is 0 Å². The predicted octanol–water partition coefficient (Wildman–Crippen LogP) is 2.53. The molecule has 0 saturated heterocycles. The number of rotatable bonds is 4. The molecule has 14 heavy (non-hydrogen) atoms. The minimum Gasteiger partial charge on any atom is -0.396 e. The van der Waals surface area contributed by atoms with Crippen LogP contribution in [0.4, 0.5) is 0 Å². The Kier molecular flexibility index (Phi) is 6.93. The monoisotopic (exact) mass is 235 g/mol. The van der Waals surface area contributed by atoms with Crippen LogP contribution in [0.15, 0.2) is 24.3 Å². The van der Waals surface area contributed by atoms with Crippen LogP contribution in [0.5, 0.6) is 0 Å². The molecule has 80 valence electrons. The fourth-order valence-corrected chi connectivity index (χ4v) is 1.41. The molecular weight excluding hydrogens is 221 g/mol. The van der Waals surface area contributed by atoms with Gasteiger partial charge in [-0.2, -0.15) is 0 Å². The topological polar surface area (TPSA) is 46.2 Å². The summed E-state index contributed by atoms with van der Waals surface area (Å²) in [6, 6.07) is 7.50. The molecule has 0 spiro atoms. The molecule has 0 bridgehead atoms. The average molecular weight is 236 g/mol. The summed E-state index contributed by atoms with van der Waals surface area (Å²) in [6.45, 7) is 0.189. The molecule has 0 saturated carbocycles. The molecule has 0 aromatic heterocycles. The summed E-state index contributed by atoms with van der Waals surface area (Å²) in [4.78, 5) is 0. The lowest BCUT2D eigenvalue weighted by molar-refractivity contribution is 0.280. The van der Waals surface area contributed by atoms with Gasteiger partial charge in [0.2, 0.25) is 0 Å². The predicted molar refractivity (Wildman–Crippen MR) is 61.9 cm³/mol. The van der Waals surface area contributed by atoms with Crippen LogP contribution in [-0.2, 0) is 0 Å². The molecule has 0 aliphatic carbocycles. The Hall–Kier alpha value is -0.280. The van der Waals surface area contributed by atoms with Crippen LogP contribution in [-0.4, -0.2) is 11.7 Å². The van der Waals surface area contributed by atoms with E-state index in [1.807, 2.05) is 24.3 Å². The van der Waals surface area contributed by atoms with Crippen LogP contribution in [0.1, 0.15) is 24.4 Å². The number of halogens is 2. The van der Waals surface area contributed by atoms with Gasteiger partial charge in [0, 0.05) is 17.7 Å². The van der Waals surface area contributed by atoms with Gasteiger partial charge in [0.15, 0.2) is 0 Å². The van der Waals surface area contributed by atoms with Crippen LogP contribution < -0.4 is 5.73 Å². The van der Waals surface area contributed by atoms with E-state index in [-0.39, 0.29) is 25.1 Å². The second kappa shape index (κ2) is 7.07. The van der Waals surface area contributed by atoms with E-state index in [4.69, 9.17) is 22.4 Å². The van der Waals surface area contributed by atoms with E-state index in [0.717, 1.165) is 18.4 Å². The molecule has 0 fully saturated rings. The largest absolute Gasteiger partial charge is 0.396 e. The first-order chi connectivity index (χ1) is 6.24. The Bertz CT molecular complexity index is 268. The van der Waals surface area contributed by atoms with Crippen LogP contribution in [0, 0.1) is 0 Å². The van der Waals surface area contributed by atoms with Gasteiger partial charge in [0.05, 0.1) is 0 Å². The zero-order valence-electron chi connectivity index (χ0n) is 7.82. The van der Waals surface area contributed by atoms with Gasteiger partial charge in [-0.1, -0.05) is 23.7 Å². The first kappa shape index (κ1) is 13.7. The maximum absolute atomic E-state index is 8.64. The van der Waals surface area contributed by atoms with E-state index in [2.05, 4.69) is 0 Å². The normalized spacial score (nSPS) is 11.9. The van der Waals surface area contributed by atoms with Crippen molar-refractivity contribution in [2.24, 2.45) is 5.73 Å². The number of hydrogen-bond acceptors (Lipinski definition) is 2. The molecule has 3 N–H and O–H groups in total. The van der Waals surface area contributed by atoms with Gasteiger partial charge in [0.1, 0.15) is 0 Å². The van der Waals surface area contributed by atoms with Crippen molar-refractivity contribution < 1.29 is 5.11 Å². The van der Waals surface area contributed by atoms with E-state index in [0.29, 0.717) is 5.02 Å². The Labute approximate surface area is 95.5 Å². The smallest absolute Gasteiger partial charge is 0.0431 e. The highest BCUT2D eigenvalue weighted by Gasteiger charge is 2.04. The molecule has 1 aromatic rings. The molecule has 0 aliphatic rings. The van der Waals surface area contributed by atoms with Crippen molar-refractivity contribution in [2.45, 2.75) is 18.9 Å². The molecule has 0 amide bonds. The van der Waals surface area contributed by atoms with Gasteiger partial charge in [-0.15, -0.1) is 12.4 Å². The van der Waals surface area contributed by atoms with Crippen LogP contribution in [0.25, 0.3) is 0 Å². The summed E-state index contributed by atoms with van der Waals surface area (Å²) in [5, 5.41) is 9.34. The lowest BCUT2D eigenvalue weighted by Gasteiger charge is -2.10. The first-order valence-corrected chi connectivity index (χ1v) is 4.73. The van der Waals surface area contributed by atoms with Crippen molar-refractivity contribution in [3.8, 4) is 0 Å². The van der Waals surface area contributed by atoms with E-state index in [1.165, 1.54) is 0 Å². The van der Waals surface area contributed by atoms with Gasteiger partial charge in [-0.3, -0.25) is 0 Å². The molecule has 1 atom stereocenters. The lowest BCUT2D eigenvalue weighted by atomic mass is 10.0. The number of hydrogen-bond donors (Lipinski definition) is 2. The Balaban J connectivity index is 0.00000169. The molecule has 0 aliphatic heterocycles. The highest BCUT2D eigenvalue weighted by atomic mass is 35.5. The SMILES string of the molecule is Cl.N[C@H](CCCO)c1cccc(Cl)c1. The van der Waals surface area contributed by atoms with Crippen molar-refractivity contribution in [1.82, 2.24) is 0 Å². The summed E-state index contributed by atoms with van der Waals surface area (Å²) in [5.74, 6) is 0. The molecule has 1 aromatic carbocycles. The standard InChI is InChI=1S/C10H14ClNO.ClH/c11-9-4-1-3-8(7-9)10(12)5-2-6-13;/h1,3-4,7,10,13H,2,5-6,12H2;1H/t10-;/m1./s1. The average Bonchev–Trinajstić information content (AvgIpc) is 2.14. The van der Waals surface area contributed by atoms with Crippen molar-refractivity contribution in [3.05, 3.63) is 34.9 Å². The summed E-state index contributed by atoms with van der Waals surface area (Å²) in [5.41, 5.74) is 6.91. The van der Waals surface area contributed by atoms with Crippen molar-refractivity contribution in [1.29, 1.82) is 0 Å². The zero-order chi connectivity index (χ0) is 9.68. The molecule has 1 rings (SSSR count). The van der Waals surface area contributed by atoms with E-state index >= 15 is 0 Å². The number of aliphatic hydroxyl groups is 1. The Morgan fingerprint density at radius 1 is 1.43 bits per heavy atom. The van der Waals surface area contributed by atoms with Gasteiger partial charge >= 0.3 is 0 Å². The van der Waals surface area contributed by atoms with E-state index in [9.17, 15) is 0 Å². The third-order valence-electron chi connectivity index (χ3n) is 1.95. The third kappa shape index (κ3) is 4.29. The summed E-state index contributed by atoms with van der Waals surface area (Å²) < 4.78 is 0. The summed E-state index contributed by atoms with van der Waals surface area (Å²) in [7, 11) is 0. The molecule has 2 nitrogen and oxygen atoms in total. The fraction of sp³-hybridized carbons (Fsp3) is 0.400. The maximum atomic E-state index is 8.64. The molecular formula is C10H15Cl2NO. The van der Waals surface area contributed by atoms with Crippen LogP contribution in [0.3, 0.4) is 0 Å². The highest BCUT2D eigenvalue weighted by molar-refractivity contribution is 6.30. The summed E-state index contributed by atoms with van der Waals surface area (Å²) in [6.07, 6.45) is 1.52. The Morgan fingerprint density at radius 2 is 2.14 bits per heavy atom. The minimum absolute atomic E-state index is 0. The lowest BCUT2D eigenvalue weighted by Crippen LogP contribution is -2.10. The van der Waals surface area contributed by atoms with E-state index < -0.39 is 0 Å². The zero-order valence-corrected chi connectivity index (χ0v) is 9.39. The molecule has 0 heterocycles. The third-order valence-corrected chi connectivity index (χ3v) is 2.19. The summed E-state index contributed by atoms with van der Waals surface area (Å²) >= 11 is 5.82.